The SMILES string of the molecule is c1ccc(-c2cccc(N(c3ccc(-c4cccc5ccccc45)cc3)c3cc4ccccc4c4c3oc3ccccc34)c2)cc1. The molecule has 1 aromatic heterocycles. The van der Waals surface area contributed by atoms with E-state index in [0.717, 1.165) is 44.6 Å². The van der Waals surface area contributed by atoms with Crippen LogP contribution in [0.4, 0.5) is 17.1 Å². The monoisotopic (exact) mass is 587 g/mol. The van der Waals surface area contributed by atoms with Gasteiger partial charge < -0.3 is 9.32 Å². The summed E-state index contributed by atoms with van der Waals surface area (Å²) in [6.07, 6.45) is 0. The van der Waals surface area contributed by atoms with Gasteiger partial charge in [-0.25, -0.2) is 0 Å². The van der Waals surface area contributed by atoms with Gasteiger partial charge in [0.2, 0.25) is 0 Å². The lowest BCUT2D eigenvalue weighted by Crippen LogP contribution is -2.10. The van der Waals surface area contributed by atoms with Crippen LogP contribution in [0.5, 0.6) is 0 Å². The first-order valence-electron chi connectivity index (χ1n) is 15.7. The van der Waals surface area contributed by atoms with Crippen LogP contribution in [0.3, 0.4) is 0 Å². The van der Waals surface area contributed by atoms with E-state index in [-0.39, 0.29) is 0 Å². The molecule has 0 saturated heterocycles. The number of para-hydroxylation sites is 1. The lowest BCUT2D eigenvalue weighted by atomic mass is 9.97. The maximum atomic E-state index is 6.73. The second kappa shape index (κ2) is 10.8. The van der Waals surface area contributed by atoms with Gasteiger partial charge in [-0.05, 0) is 80.2 Å². The van der Waals surface area contributed by atoms with Gasteiger partial charge in [0.25, 0.3) is 0 Å². The largest absolute Gasteiger partial charge is 0.454 e. The zero-order valence-corrected chi connectivity index (χ0v) is 25.1. The zero-order valence-electron chi connectivity index (χ0n) is 25.1. The molecule has 0 unspecified atom stereocenters. The minimum Gasteiger partial charge on any atom is -0.454 e. The highest BCUT2D eigenvalue weighted by Gasteiger charge is 2.22. The molecule has 9 aromatic rings. The van der Waals surface area contributed by atoms with Gasteiger partial charge in [0.15, 0.2) is 5.58 Å². The Kier molecular flexibility index (Phi) is 6.17. The molecule has 0 amide bonds. The van der Waals surface area contributed by atoms with E-state index >= 15 is 0 Å². The lowest BCUT2D eigenvalue weighted by Gasteiger charge is -2.27. The van der Waals surface area contributed by atoms with Crippen molar-refractivity contribution in [2.45, 2.75) is 0 Å². The van der Waals surface area contributed by atoms with Gasteiger partial charge in [-0.1, -0.05) is 140 Å². The summed E-state index contributed by atoms with van der Waals surface area (Å²) in [4.78, 5) is 2.34. The molecule has 2 nitrogen and oxygen atoms in total. The van der Waals surface area contributed by atoms with Crippen LogP contribution >= 0.6 is 0 Å². The molecule has 0 aliphatic carbocycles. The number of hydrogen-bond acceptors (Lipinski definition) is 2. The molecule has 46 heavy (non-hydrogen) atoms. The Morgan fingerprint density at radius 2 is 1.04 bits per heavy atom. The molecular weight excluding hydrogens is 558 g/mol. The minimum atomic E-state index is 0.878. The number of fused-ring (bicyclic) bond motifs is 6. The van der Waals surface area contributed by atoms with Crippen LogP contribution in [0.2, 0.25) is 0 Å². The maximum Gasteiger partial charge on any atom is 0.160 e. The van der Waals surface area contributed by atoms with Gasteiger partial charge in [0.05, 0.1) is 5.69 Å². The lowest BCUT2D eigenvalue weighted by molar-refractivity contribution is 0.669. The van der Waals surface area contributed by atoms with Crippen molar-refractivity contribution in [3.63, 3.8) is 0 Å². The molecule has 2 heteroatoms. The van der Waals surface area contributed by atoms with Crippen molar-refractivity contribution in [3.8, 4) is 22.3 Å². The highest BCUT2D eigenvalue weighted by molar-refractivity contribution is 6.23. The highest BCUT2D eigenvalue weighted by atomic mass is 16.3. The van der Waals surface area contributed by atoms with E-state index in [1.54, 1.807) is 0 Å². The van der Waals surface area contributed by atoms with E-state index in [2.05, 4.69) is 175 Å². The molecule has 8 aromatic carbocycles. The van der Waals surface area contributed by atoms with E-state index in [1.807, 2.05) is 6.07 Å². The number of anilines is 3. The standard InChI is InChI=1S/C44H29NO/c1-2-12-30(13-3-1)33-17-10-18-36(28-33)45(35-26-24-32(25-27-35)38-22-11-16-31-14-4-6-19-37(31)38)41-29-34-15-5-7-20-39(34)43-40-21-8-9-23-42(40)46-44(41)43/h1-29H. The topological polar surface area (TPSA) is 16.4 Å². The van der Waals surface area contributed by atoms with Crippen LogP contribution < -0.4 is 4.90 Å². The van der Waals surface area contributed by atoms with Gasteiger partial charge in [-0.15, -0.1) is 0 Å². The second-order valence-electron chi connectivity index (χ2n) is 11.7. The average Bonchev–Trinajstić information content (AvgIpc) is 3.53. The van der Waals surface area contributed by atoms with Crippen molar-refractivity contribution >= 4 is 60.5 Å². The van der Waals surface area contributed by atoms with Gasteiger partial charge in [0.1, 0.15) is 5.58 Å². The third-order valence-corrected chi connectivity index (χ3v) is 9.03. The summed E-state index contributed by atoms with van der Waals surface area (Å²) in [5, 5.41) is 7.12. The summed E-state index contributed by atoms with van der Waals surface area (Å²) in [5.74, 6) is 0. The number of rotatable bonds is 5. The van der Waals surface area contributed by atoms with E-state index in [4.69, 9.17) is 4.42 Å². The minimum absolute atomic E-state index is 0.878. The predicted octanol–water partition coefficient (Wildman–Crippen LogP) is 12.7. The third-order valence-electron chi connectivity index (χ3n) is 9.03. The Labute approximate surface area is 267 Å². The van der Waals surface area contributed by atoms with Crippen LogP contribution in [-0.4, -0.2) is 0 Å². The molecule has 0 fully saturated rings. The Bertz CT molecular complexity index is 2520. The fourth-order valence-electron chi connectivity index (χ4n) is 6.87. The fraction of sp³-hybridized carbons (Fsp3) is 0. The highest BCUT2D eigenvalue weighted by Crippen LogP contribution is 2.46. The normalized spacial score (nSPS) is 11.5. The number of benzene rings is 8. The van der Waals surface area contributed by atoms with Crippen molar-refractivity contribution < 1.29 is 4.42 Å². The van der Waals surface area contributed by atoms with Crippen molar-refractivity contribution in [1.29, 1.82) is 0 Å². The number of nitrogens with zero attached hydrogens (tertiary/aromatic N) is 1. The molecule has 1 heterocycles. The molecule has 0 atom stereocenters. The Morgan fingerprint density at radius 1 is 0.391 bits per heavy atom. The molecule has 0 bridgehead atoms. The molecule has 0 aliphatic rings. The summed E-state index contributed by atoms with van der Waals surface area (Å²) >= 11 is 0. The average molecular weight is 588 g/mol. The van der Waals surface area contributed by atoms with Crippen molar-refractivity contribution in [2.75, 3.05) is 4.90 Å². The first kappa shape index (κ1) is 26.3. The van der Waals surface area contributed by atoms with E-state index < -0.39 is 0 Å². The van der Waals surface area contributed by atoms with Crippen LogP contribution in [0, 0.1) is 0 Å². The molecule has 0 N–H and O–H groups in total. The van der Waals surface area contributed by atoms with E-state index in [9.17, 15) is 0 Å². The van der Waals surface area contributed by atoms with Crippen LogP contribution in [-0.2, 0) is 0 Å². The summed E-state index contributed by atoms with van der Waals surface area (Å²) < 4.78 is 6.73. The Balaban J connectivity index is 1.29. The predicted molar refractivity (Wildman–Crippen MR) is 194 cm³/mol. The molecule has 0 aliphatic heterocycles. The fourth-order valence-corrected chi connectivity index (χ4v) is 6.87. The zero-order chi connectivity index (χ0) is 30.5. The molecule has 0 radical (unpaired) electrons. The van der Waals surface area contributed by atoms with E-state index in [0.29, 0.717) is 0 Å². The summed E-state index contributed by atoms with van der Waals surface area (Å²) in [6, 6.07) is 62.6. The molecule has 0 spiro atoms. The third kappa shape index (κ3) is 4.35. The quantitative estimate of drug-likeness (QED) is 0.199. The van der Waals surface area contributed by atoms with Crippen molar-refractivity contribution in [1.82, 2.24) is 0 Å². The van der Waals surface area contributed by atoms with Crippen LogP contribution in [0.25, 0.3) is 65.7 Å². The second-order valence-corrected chi connectivity index (χ2v) is 11.7. The van der Waals surface area contributed by atoms with Gasteiger partial charge >= 0.3 is 0 Å². The smallest absolute Gasteiger partial charge is 0.160 e. The molecule has 216 valence electrons. The van der Waals surface area contributed by atoms with Crippen molar-refractivity contribution in [2.24, 2.45) is 0 Å². The first-order chi connectivity index (χ1) is 22.8. The van der Waals surface area contributed by atoms with Crippen molar-refractivity contribution in [3.05, 3.63) is 176 Å². The summed E-state index contributed by atoms with van der Waals surface area (Å²) in [6.45, 7) is 0. The van der Waals surface area contributed by atoms with Gasteiger partial charge in [-0.3, -0.25) is 0 Å². The van der Waals surface area contributed by atoms with Crippen LogP contribution in [0.15, 0.2) is 180 Å². The van der Waals surface area contributed by atoms with Crippen LogP contribution in [0.1, 0.15) is 0 Å². The molecular formula is C44H29NO. The summed E-state index contributed by atoms with van der Waals surface area (Å²) in [5.41, 5.74) is 9.66. The Hall–Kier alpha value is -6.12. The number of hydrogen-bond donors (Lipinski definition) is 0. The first-order valence-corrected chi connectivity index (χ1v) is 15.7. The summed E-state index contributed by atoms with van der Waals surface area (Å²) in [7, 11) is 0. The Morgan fingerprint density at radius 3 is 1.89 bits per heavy atom. The maximum absolute atomic E-state index is 6.73. The molecule has 0 saturated carbocycles. The molecule has 9 rings (SSSR count). The van der Waals surface area contributed by atoms with Gasteiger partial charge in [-0.2, -0.15) is 0 Å². The number of furan rings is 1. The van der Waals surface area contributed by atoms with Gasteiger partial charge in [0, 0.05) is 22.1 Å². The van der Waals surface area contributed by atoms with E-state index in [1.165, 1.54) is 38.2 Å².